The average Bonchev–Trinajstić information content (AvgIpc) is 2.76. The van der Waals surface area contributed by atoms with Gasteiger partial charge in [-0.15, -0.1) is 0 Å². The van der Waals surface area contributed by atoms with Crippen molar-refractivity contribution in [3.63, 3.8) is 0 Å². The van der Waals surface area contributed by atoms with Crippen molar-refractivity contribution in [2.45, 2.75) is 31.3 Å². The van der Waals surface area contributed by atoms with Crippen LogP contribution < -0.4 is 10.5 Å². The highest BCUT2D eigenvalue weighted by atomic mass is 16.5. The van der Waals surface area contributed by atoms with E-state index in [2.05, 4.69) is 34.9 Å². The van der Waals surface area contributed by atoms with Gasteiger partial charge in [-0.3, -0.25) is 14.6 Å². The van der Waals surface area contributed by atoms with Crippen LogP contribution >= 0.6 is 0 Å². The molecular weight excluding hydrogens is 328 g/mol. The highest BCUT2D eigenvalue weighted by Crippen LogP contribution is 2.31. The Labute approximate surface area is 156 Å². The van der Waals surface area contributed by atoms with E-state index in [0.717, 1.165) is 19.6 Å². The molecular formula is C20H32N4O2. The summed E-state index contributed by atoms with van der Waals surface area (Å²) < 4.78 is 5.45. The van der Waals surface area contributed by atoms with Crippen molar-refractivity contribution in [3.05, 3.63) is 29.8 Å². The number of hydrogen-bond donors (Lipinski definition) is 1. The highest BCUT2D eigenvalue weighted by molar-refractivity contribution is 5.75. The van der Waals surface area contributed by atoms with Crippen molar-refractivity contribution in [3.8, 4) is 5.75 Å². The number of hydrogen-bond acceptors (Lipinski definition) is 5. The molecule has 0 atom stereocenters. The SMILES string of the molecule is CN1CCC2(CC1)CN(Cc1cccc(OCC(N)=O)c1)CCCN2C. The molecule has 0 aromatic heterocycles. The zero-order chi connectivity index (χ0) is 18.6. The van der Waals surface area contributed by atoms with E-state index in [-0.39, 0.29) is 6.61 Å². The number of likely N-dealkylation sites (tertiary alicyclic amines) is 1. The minimum Gasteiger partial charge on any atom is -0.484 e. The van der Waals surface area contributed by atoms with Crippen LogP contribution in [0.15, 0.2) is 24.3 Å². The molecule has 3 rings (SSSR count). The Balaban J connectivity index is 1.67. The van der Waals surface area contributed by atoms with Gasteiger partial charge in [0, 0.05) is 18.6 Å². The molecule has 2 heterocycles. The zero-order valence-corrected chi connectivity index (χ0v) is 16.1. The van der Waals surface area contributed by atoms with Crippen molar-refractivity contribution < 1.29 is 9.53 Å². The number of likely N-dealkylation sites (N-methyl/N-ethyl adjacent to an activating group) is 1. The molecule has 0 bridgehead atoms. The predicted octanol–water partition coefficient (Wildman–Crippen LogP) is 1.15. The Bertz CT molecular complexity index is 614. The van der Waals surface area contributed by atoms with Gasteiger partial charge < -0.3 is 15.4 Å². The summed E-state index contributed by atoms with van der Waals surface area (Å²) in [6.45, 7) is 6.59. The van der Waals surface area contributed by atoms with E-state index < -0.39 is 5.91 Å². The molecule has 2 saturated heterocycles. The van der Waals surface area contributed by atoms with Gasteiger partial charge in [0.25, 0.3) is 5.91 Å². The molecule has 0 saturated carbocycles. The Hall–Kier alpha value is -1.63. The molecule has 0 aliphatic carbocycles. The van der Waals surface area contributed by atoms with Crippen LogP contribution in [-0.4, -0.2) is 79.6 Å². The van der Waals surface area contributed by atoms with Crippen LogP contribution in [0.1, 0.15) is 24.8 Å². The molecule has 2 N–H and O–H groups in total. The molecule has 1 aromatic carbocycles. The fourth-order valence-electron chi connectivity index (χ4n) is 4.24. The summed E-state index contributed by atoms with van der Waals surface area (Å²) in [4.78, 5) is 18.5. The van der Waals surface area contributed by atoms with E-state index >= 15 is 0 Å². The van der Waals surface area contributed by atoms with Crippen LogP contribution in [0.2, 0.25) is 0 Å². The summed E-state index contributed by atoms with van der Waals surface area (Å²) >= 11 is 0. The monoisotopic (exact) mass is 360 g/mol. The topological polar surface area (TPSA) is 62.0 Å². The van der Waals surface area contributed by atoms with Gasteiger partial charge in [0.1, 0.15) is 5.75 Å². The average molecular weight is 361 g/mol. The van der Waals surface area contributed by atoms with Gasteiger partial charge in [-0.25, -0.2) is 0 Å². The van der Waals surface area contributed by atoms with E-state index in [1.54, 1.807) is 0 Å². The minimum absolute atomic E-state index is 0.0748. The third-order valence-corrected chi connectivity index (χ3v) is 5.90. The maximum absolute atomic E-state index is 10.9. The van der Waals surface area contributed by atoms with E-state index in [0.29, 0.717) is 11.3 Å². The summed E-state index contributed by atoms with van der Waals surface area (Å²) in [5, 5.41) is 0. The minimum atomic E-state index is -0.449. The van der Waals surface area contributed by atoms with Gasteiger partial charge in [-0.2, -0.15) is 0 Å². The lowest BCUT2D eigenvalue weighted by molar-refractivity contribution is -0.119. The maximum Gasteiger partial charge on any atom is 0.255 e. The van der Waals surface area contributed by atoms with Crippen LogP contribution in [0.4, 0.5) is 0 Å². The standard InChI is InChI=1S/C20H32N4O2/c1-22-11-7-20(8-12-22)16-24(10-4-9-23(20)2)14-17-5-3-6-18(13-17)26-15-19(21)25/h3,5-6,13H,4,7-12,14-16H2,1-2H3,(H2,21,25). The van der Waals surface area contributed by atoms with Crippen molar-refractivity contribution >= 4 is 5.91 Å². The second-order valence-electron chi connectivity index (χ2n) is 7.92. The predicted molar refractivity (Wildman–Crippen MR) is 103 cm³/mol. The first kappa shape index (κ1) is 19.1. The van der Waals surface area contributed by atoms with Crippen molar-refractivity contribution in [1.29, 1.82) is 0 Å². The number of carbonyl (C=O) groups excluding carboxylic acids is 1. The summed E-state index contributed by atoms with van der Waals surface area (Å²) in [6, 6.07) is 8.02. The van der Waals surface area contributed by atoms with Crippen LogP contribution in [0.25, 0.3) is 0 Å². The number of nitrogens with two attached hydrogens (primary N) is 1. The molecule has 2 aliphatic heterocycles. The molecule has 1 aromatic rings. The number of amides is 1. The number of benzene rings is 1. The Kier molecular flexibility index (Phi) is 6.16. The lowest BCUT2D eigenvalue weighted by atomic mass is 9.85. The molecule has 1 amide bonds. The summed E-state index contributed by atoms with van der Waals surface area (Å²) in [5.41, 5.74) is 6.68. The molecule has 26 heavy (non-hydrogen) atoms. The quantitative estimate of drug-likeness (QED) is 0.854. The highest BCUT2D eigenvalue weighted by Gasteiger charge is 2.40. The smallest absolute Gasteiger partial charge is 0.255 e. The van der Waals surface area contributed by atoms with Crippen molar-refractivity contribution in [2.24, 2.45) is 5.73 Å². The van der Waals surface area contributed by atoms with Gasteiger partial charge in [-0.1, -0.05) is 12.1 Å². The van der Waals surface area contributed by atoms with E-state index in [1.807, 2.05) is 18.2 Å². The number of carbonyl (C=O) groups is 1. The molecule has 0 radical (unpaired) electrons. The second-order valence-corrected chi connectivity index (χ2v) is 7.92. The summed E-state index contributed by atoms with van der Waals surface area (Å²) in [7, 11) is 4.52. The first-order valence-corrected chi connectivity index (χ1v) is 9.59. The first-order valence-electron chi connectivity index (χ1n) is 9.59. The van der Waals surface area contributed by atoms with Gasteiger partial charge in [0.2, 0.25) is 0 Å². The maximum atomic E-state index is 10.9. The van der Waals surface area contributed by atoms with Crippen LogP contribution in [0.3, 0.4) is 0 Å². The number of piperidine rings is 1. The molecule has 2 fully saturated rings. The Morgan fingerprint density at radius 2 is 1.96 bits per heavy atom. The fraction of sp³-hybridized carbons (Fsp3) is 0.650. The molecule has 6 nitrogen and oxygen atoms in total. The number of primary amides is 1. The molecule has 144 valence electrons. The van der Waals surface area contributed by atoms with Gasteiger partial charge in [0.15, 0.2) is 6.61 Å². The lowest BCUT2D eigenvalue weighted by Gasteiger charge is -2.47. The van der Waals surface area contributed by atoms with Gasteiger partial charge >= 0.3 is 0 Å². The fourth-order valence-corrected chi connectivity index (χ4v) is 4.24. The van der Waals surface area contributed by atoms with E-state index in [9.17, 15) is 4.79 Å². The normalized spacial score (nSPS) is 22.2. The van der Waals surface area contributed by atoms with Crippen LogP contribution in [-0.2, 0) is 11.3 Å². The molecule has 6 heteroatoms. The van der Waals surface area contributed by atoms with Crippen LogP contribution in [0, 0.1) is 0 Å². The largest absolute Gasteiger partial charge is 0.484 e. The van der Waals surface area contributed by atoms with Gasteiger partial charge in [-0.05, 0) is 77.2 Å². The Morgan fingerprint density at radius 3 is 2.69 bits per heavy atom. The van der Waals surface area contributed by atoms with Crippen LogP contribution in [0.5, 0.6) is 5.75 Å². The summed E-state index contributed by atoms with van der Waals surface area (Å²) in [5.74, 6) is 0.261. The number of ether oxygens (including phenoxy) is 1. The second kappa shape index (κ2) is 8.37. The number of rotatable bonds is 5. The number of nitrogens with zero attached hydrogens (tertiary/aromatic N) is 3. The van der Waals surface area contributed by atoms with E-state index in [4.69, 9.17) is 10.5 Å². The molecule has 2 aliphatic rings. The zero-order valence-electron chi connectivity index (χ0n) is 16.1. The van der Waals surface area contributed by atoms with Gasteiger partial charge in [0.05, 0.1) is 0 Å². The molecule has 1 spiro atoms. The van der Waals surface area contributed by atoms with Crippen molar-refractivity contribution in [2.75, 3.05) is 53.4 Å². The molecule has 0 unspecified atom stereocenters. The summed E-state index contributed by atoms with van der Waals surface area (Å²) in [6.07, 6.45) is 3.67. The Morgan fingerprint density at radius 1 is 1.19 bits per heavy atom. The lowest BCUT2D eigenvalue weighted by Crippen LogP contribution is -2.57. The van der Waals surface area contributed by atoms with Crippen molar-refractivity contribution in [1.82, 2.24) is 14.7 Å². The third kappa shape index (κ3) is 4.75. The van der Waals surface area contributed by atoms with E-state index in [1.165, 1.54) is 44.5 Å². The first-order chi connectivity index (χ1) is 12.5. The third-order valence-electron chi connectivity index (χ3n) is 5.90.